The molecule has 2 atom stereocenters. The van der Waals surface area contributed by atoms with Gasteiger partial charge in [-0.2, -0.15) is 5.10 Å². The molecule has 0 fully saturated rings. The number of nitrogens with zero attached hydrogens (tertiary/aromatic N) is 2. The summed E-state index contributed by atoms with van der Waals surface area (Å²) in [6.07, 6.45) is 2.03. The number of nitrogens with two attached hydrogens (primary N) is 1. The van der Waals surface area contributed by atoms with Crippen LogP contribution in [0.15, 0.2) is 0 Å². The van der Waals surface area contributed by atoms with E-state index >= 15 is 0 Å². The molecule has 6 heteroatoms. The lowest BCUT2D eigenvalue weighted by atomic mass is 10.0. The highest BCUT2D eigenvalue weighted by Gasteiger charge is 2.14. The summed E-state index contributed by atoms with van der Waals surface area (Å²) in [6.45, 7) is 8.00. The minimum absolute atomic E-state index is 0. The Balaban J connectivity index is 0.00000361. The third kappa shape index (κ3) is 5.51. The van der Waals surface area contributed by atoms with Crippen LogP contribution >= 0.6 is 12.4 Å². The van der Waals surface area contributed by atoms with Gasteiger partial charge in [0.25, 0.3) is 0 Å². The average molecular weight is 303 g/mol. The Morgan fingerprint density at radius 2 is 2.00 bits per heavy atom. The first-order valence-corrected chi connectivity index (χ1v) is 6.85. The van der Waals surface area contributed by atoms with Gasteiger partial charge in [-0.3, -0.25) is 9.48 Å². The van der Waals surface area contributed by atoms with E-state index in [1.807, 2.05) is 32.5 Å². The Bertz CT molecular complexity index is 443. The summed E-state index contributed by atoms with van der Waals surface area (Å²) in [7, 11) is 1.94. The van der Waals surface area contributed by atoms with Crippen molar-refractivity contribution < 1.29 is 4.79 Å². The minimum atomic E-state index is 0. The van der Waals surface area contributed by atoms with Crippen LogP contribution in [0.5, 0.6) is 0 Å². The average Bonchev–Trinajstić information content (AvgIpc) is 2.53. The van der Waals surface area contributed by atoms with Crippen molar-refractivity contribution in [1.82, 2.24) is 15.1 Å². The van der Waals surface area contributed by atoms with E-state index in [1.165, 1.54) is 5.56 Å². The van der Waals surface area contributed by atoms with Crippen molar-refractivity contribution in [2.75, 3.05) is 0 Å². The van der Waals surface area contributed by atoms with Crippen molar-refractivity contribution in [2.45, 2.75) is 59.0 Å². The molecule has 0 bridgehead atoms. The number of halogens is 1. The summed E-state index contributed by atoms with van der Waals surface area (Å²) in [6, 6.07) is 0.186. The van der Waals surface area contributed by atoms with E-state index in [9.17, 15) is 4.79 Å². The van der Waals surface area contributed by atoms with Gasteiger partial charge in [0.2, 0.25) is 5.91 Å². The molecule has 1 aromatic heterocycles. The molecule has 0 spiro atoms. The molecule has 1 amide bonds. The summed E-state index contributed by atoms with van der Waals surface area (Å²) < 4.78 is 1.88. The Morgan fingerprint density at radius 3 is 2.45 bits per heavy atom. The Morgan fingerprint density at radius 1 is 1.40 bits per heavy atom. The lowest BCUT2D eigenvalue weighted by Crippen LogP contribution is -2.35. The summed E-state index contributed by atoms with van der Waals surface area (Å²) in [4.78, 5) is 11.7. The molecule has 116 valence electrons. The van der Waals surface area contributed by atoms with Crippen molar-refractivity contribution in [1.29, 1.82) is 0 Å². The second-order valence-corrected chi connectivity index (χ2v) is 5.46. The molecule has 0 aromatic carbocycles. The molecule has 0 aliphatic rings. The smallest absolute Gasteiger partial charge is 0.220 e. The SMILES string of the molecule is Cc1nn(C)c(C)c1CC(C)NC(=O)CCC(C)N.Cl. The van der Waals surface area contributed by atoms with E-state index in [0.29, 0.717) is 6.42 Å². The molecule has 0 radical (unpaired) electrons. The minimum Gasteiger partial charge on any atom is -0.353 e. The first-order valence-electron chi connectivity index (χ1n) is 6.85. The number of aromatic nitrogens is 2. The number of hydrogen-bond donors (Lipinski definition) is 2. The zero-order valence-electron chi connectivity index (χ0n) is 13.1. The van der Waals surface area contributed by atoms with E-state index in [1.54, 1.807) is 0 Å². The number of rotatable bonds is 6. The quantitative estimate of drug-likeness (QED) is 0.839. The van der Waals surface area contributed by atoms with Gasteiger partial charge in [-0.15, -0.1) is 12.4 Å². The lowest BCUT2D eigenvalue weighted by Gasteiger charge is -2.15. The molecule has 0 saturated heterocycles. The van der Waals surface area contributed by atoms with Crippen LogP contribution in [0.1, 0.15) is 43.6 Å². The highest BCUT2D eigenvalue weighted by Crippen LogP contribution is 2.14. The van der Waals surface area contributed by atoms with Crippen molar-refractivity contribution >= 4 is 18.3 Å². The van der Waals surface area contributed by atoms with E-state index in [2.05, 4.69) is 17.3 Å². The predicted octanol–water partition coefficient (Wildman–Crippen LogP) is 1.63. The van der Waals surface area contributed by atoms with Gasteiger partial charge >= 0.3 is 0 Å². The van der Waals surface area contributed by atoms with Crippen LogP contribution in [0.25, 0.3) is 0 Å². The third-order valence-electron chi connectivity index (χ3n) is 3.40. The second kappa shape index (κ2) is 8.27. The second-order valence-electron chi connectivity index (χ2n) is 5.46. The normalized spacial score (nSPS) is 13.5. The largest absolute Gasteiger partial charge is 0.353 e. The molecule has 1 heterocycles. The standard InChI is InChI=1S/C14H26N4O.ClH/c1-9(15)6-7-14(19)16-10(2)8-13-11(3)17-18(5)12(13)4;/h9-10H,6-8,15H2,1-5H3,(H,16,19);1H. The molecule has 2 unspecified atom stereocenters. The molecule has 0 aliphatic carbocycles. The number of hydrogen-bond acceptors (Lipinski definition) is 3. The molecule has 1 aromatic rings. The van der Waals surface area contributed by atoms with Crippen molar-refractivity contribution in [3.05, 3.63) is 17.0 Å². The summed E-state index contributed by atoms with van der Waals surface area (Å²) >= 11 is 0. The molecule has 5 nitrogen and oxygen atoms in total. The highest BCUT2D eigenvalue weighted by molar-refractivity contribution is 5.85. The molecular formula is C14H27ClN4O. The van der Waals surface area contributed by atoms with Crippen molar-refractivity contribution in [3.63, 3.8) is 0 Å². The van der Waals surface area contributed by atoms with Crippen LogP contribution in [0.2, 0.25) is 0 Å². The maximum atomic E-state index is 11.7. The fourth-order valence-corrected chi connectivity index (χ4v) is 2.18. The monoisotopic (exact) mass is 302 g/mol. The topological polar surface area (TPSA) is 72.9 Å². The van der Waals surface area contributed by atoms with Gasteiger partial charge in [-0.05, 0) is 46.1 Å². The van der Waals surface area contributed by atoms with E-state index < -0.39 is 0 Å². The number of amides is 1. The third-order valence-corrected chi connectivity index (χ3v) is 3.40. The predicted molar refractivity (Wildman–Crippen MR) is 84.1 cm³/mol. The first-order chi connectivity index (χ1) is 8.81. The van der Waals surface area contributed by atoms with E-state index in [4.69, 9.17) is 5.73 Å². The summed E-state index contributed by atoms with van der Waals surface area (Å²) in [5, 5.41) is 7.41. The van der Waals surface area contributed by atoms with Crippen LogP contribution in [0.3, 0.4) is 0 Å². The lowest BCUT2D eigenvalue weighted by molar-refractivity contribution is -0.121. The maximum absolute atomic E-state index is 11.7. The van der Waals surface area contributed by atoms with Gasteiger partial charge in [-0.25, -0.2) is 0 Å². The maximum Gasteiger partial charge on any atom is 0.220 e. The van der Waals surface area contributed by atoms with Gasteiger partial charge in [0.15, 0.2) is 0 Å². The molecule has 0 aliphatic heterocycles. The van der Waals surface area contributed by atoms with Crippen LogP contribution < -0.4 is 11.1 Å². The van der Waals surface area contributed by atoms with Crippen LogP contribution in [-0.4, -0.2) is 27.8 Å². The van der Waals surface area contributed by atoms with Crippen LogP contribution in [-0.2, 0) is 18.3 Å². The Kier molecular flexibility index (Phi) is 7.83. The summed E-state index contributed by atoms with van der Waals surface area (Å²) in [5.41, 5.74) is 9.07. The Hall–Kier alpha value is -1.07. The number of nitrogens with one attached hydrogen (secondary N) is 1. The van der Waals surface area contributed by atoms with Gasteiger partial charge in [0.05, 0.1) is 5.69 Å². The highest BCUT2D eigenvalue weighted by atomic mass is 35.5. The van der Waals surface area contributed by atoms with Gasteiger partial charge < -0.3 is 11.1 Å². The molecule has 1 rings (SSSR count). The molecule has 20 heavy (non-hydrogen) atoms. The molecule has 3 N–H and O–H groups in total. The zero-order chi connectivity index (χ0) is 14.6. The molecule has 0 saturated carbocycles. The fourth-order valence-electron chi connectivity index (χ4n) is 2.18. The van der Waals surface area contributed by atoms with Crippen LogP contribution in [0.4, 0.5) is 0 Å². The van der Waals surface area contributed by atoms with E-state index in [0.717, 1.165) is 24.2 Å². The Labute approximate surface area is 127 Å². The number of carbonyl (C=O) groups is 1. The van der Waals surface area contributed by atoms with Crippen molar-refractivity contribution in [3.8, 4) is 0 Å². The van der Waals surface area contributed by atoms with Crippen molar-refractivity contribution in [2.24, 2.45) is 12.8 Å². The van der Waals surface area contributed by atoms with Gasteiger partial charge in [0.1, 0.15) is 0 Å². The number of carbonyl (C=O) groups excluding carboxylic acids is 1. The first kappa shape index (κ1) is 18.9. The zero-order valence-corrected chi connectivity index (χ0v) is 13.9. The fraction of sp³-hybridized carbons (Fsp3) is 0.714. The molecular weight excluding hydrogens is 276 g/mol. The summed E-state index contributed by atoms with van der Waals surface area (Å²) in [5.74, 6) is 0.0731. The van der Waals surface area contributed by atoms with Gasteiger partial charge in [-0.1, -0.05) is 0 Å². The van der Waals surface area contributed by atoms with Gasteiger partial charge in [0, 0.05) is 31.2 Å². The van der Waals surface area contributed by atoms with Crippen LogP contribution in [0, 0.1) is 13.8 Å². The number of aryl methyl sites for hydroxylation is 2. The van der Waals surface area contributed by atoms with E-state index in [-0.39, 0.29) is 30.4 Å².